The normalized spacial score (nSPS) is 21.2. The molecule has 0 radical (unpaired) electrons. The predicted molar refractivity (Wildman–Crippen MR) is 92.0 cm³/mol. The van der Waals surface area contributed by atoms with Crippen LogP contribution in [0.4, 0.5) is 10.1 Å². The SMILES string of the molecule is CN1CCN2c3ccc(F)cc3C(c3ccccc3)=NCC2C1. The van der Waals surface area contributed by atoms with Crippen LogP contribution in [0.3, 0.4) is 0 Å². The van der Waals surface area contributed by atoms with Crippen molar-refractivity contribution in [1.82, 2.24) is 4.90 Å². The fraction of sp³-hybridized carbons (Fsp3) is 0.316. The summed E-state index contributed by atoms with van der Waals surface area (Å²) in [6.07, 6.45) is 0. The van der Waals surface area contributed by atoms with Crippen LogP contribution in [-0.4, -0.2) is 49.9 Å². The van der Waals surface area contributed by atoms with Gasteiger partial charge >= 0.3 is 0 Å². The van der Waals surface area contributed by atoms with E-state index in [1.807, 2.05) is 36.4 Å². The topological polar surface area (TPSA) is 18.8 Å². The molecule has 0 spiro atoms. The van der Waals surface area contributed by atoms with Gasteiger partial charge < -0.3 is 9.80 Å². The highest BCUT2D eigenvalue weighted by Gasteiger charge is 2.30. The highest BCUT2D eigenvalue weighted by molar-refractivity contribution is 6.16. The molecule has 1 atom stereocenters. The second-order valence-electron chi connectivity index (χ2n) is 6.33. The maximum Gasteiger partial charge on any atom is 0.124 e. The van der Waals surface area contributed by atoms with E-state index in [-0.39, 0.29) is 5.82 Å². The monoisotopic (exact) mass is 309 g/mol. The lowest BCUT2D eigenvalue weighted by molar-refractivity contribution is 0.270. The molecule has 118 valence electrons. The van der Waals surface area contributed by atoms with Crippen LogP contribution < -0.4 is 4.90 Å². The van der Waals surface area contributed by atoms with Gasteiger partial charge in [0.25, 0.3) is 0 Å². The van der Waals surface area contributed by atoms with Gasteiger partial charge in [-0.05, 0) is 25.2 Å². The summed E-state index contributed by atoms with van der Waals surface area (Å²) in [5, 5.41) is 0. The lowest BCUT2D eigenvalue weighted by Gasteiger charge is -2.40. The Morgan fingerprint density at radius 2 is 1.91 bits per heavy atom. The summed E-state index contributed by atoms with van der Waals surface area (Å²) in [4.78, 5) is 9.61. The van der Waals surface area contributed by atoms with Gasteiger partial charge in [0.15, 0.2) is 0 Å². The predicted octanol–water partition coefficient (Wildman–Crippen LogP) is 2.80. The molecule has 2 heterocycles. The Bertz CT molecular complexity index is 742. The number of nitrogens with zero attached hydrogens (tertiary/aromatic N) is 3. The number of aliphatic imine (C=N–C) groups is 1. The molecule has 0 N–H and O–H groups in total. The number of likely N-dealkylation sites (N-methyl/N-ethyl adjacent to an activating group) is 1. The van der Waals surface area contributed by atoms with E-state index in [1.165, 1.54) is 0 Å². The van der Waals surface area contributed by atoms with Crippen molar-refractivity contribution in [3.05, 3.63) is 65.5 Å². The first-order chi connectivity index (χ1) is 11.2. The van der Waals surface area contributed by atoms with Crippen molar-refractivity contribution in [2.75, 3.05) is 38.1 Å². The summed E-state index contributed by atoms with van der Waals surface area (Å²) < 4.78 is 13.9. The minimum Gasteiger partial charge on any atom is -0.364 e. The van der Waals surface area contributed by atoms with Gasteiger partial charge in [-0.3, -0.25) is 4.99 Å². The van der Waals surface area contributed by atoms with Crippen molar-refractivity contribution in [2.24, 2.45) is 4.99 Å². The van der Waals surface area contributed by atoms with Crippen LogP contribution in [0.1, 0.15) is 11.1 Å². The molecule has 0 bridgehead atoms. The van der Waals surface area contributed by atoms with E-state index in [4.69, 9.17) is 4.99 Å². The van der Waals surface area contributed by atoms with Crippen LogP contribution in [0.25, 0.3) is 0 Å². The molecule has 2 aromatic carbocycles. The minimum absolute atomic E-state index is 0.208. The van der Waals surface area contributed by atoms with Crippen molar-refractivity contribution in [2.45, 2.75) is 6.04 Å². The quantitative estimate of drug-likeness (QED) is 0.807. The molecule has 1 fully saturated rings. The van der Waals surface area contributed by atoms with E-state index in [9.17, 15) is 4.39 Å². The largest absolute Gasteiger partial charge is 0.364 e. The summed E-state index contributed by atoms with van der Waals surface area (Å²) >= 11 is 0. The molecule has 0 saturated carbocycles. The van der Waals surface area contributed by atoms with Crippen molar-refractivity contribution in [1.29, 1.82) is 0 Å². The van der Waals surface area contributed by atoms with Gasteiger partial charge in [0.2, 0.25) is 0 Å². The minimum atomic E-state index is -0.208. The Kier molecular flexibility index (Phi) is 3.62. The number of anilines is 1. The van der Waals surface area contributed by atoms with Crippen LogP contribution in [0.2, 0.25) is 0 Å². The van der Waals surface area contributed by atoms with E-state index < -0.39 is 0 Å². The molecular formula is C19H20FN3. The standard InChI is InChI=1S/C19H20FN3/c1-22-9-10-23-16(13-22)12-21-19(14-5-3-2-4-6-14)17-11-15(20)7-8-18(17)23/h2-8,11,16H,9-10,12-13H2,1H3. The van der Waals surface area contributed by atoms with E-state index in [0.717, 1.165) is 48.7 Å². The first-order valence-electron chi connectivity index (χ1n) is 8.07. The molecule has 23 heavy (non-hydrogen) atoms. The van der Waals surface area contributed by atoms with Crippen LogP contribution >= 0.6 is 0 Å². The van der Waals surface area contributed by atoms with Gasteiger partial charge in [0.1, 0.15) is 5.82 Å². The number of benzene rings is 2. The summed E-state index contributed by atoms with van der Waals surface area (Å²) in [6, 6.07) is 15.5. The molecule has 0 aromatic heterocycles. The summed E-state index contributed by atoms with van der Waals surface area (Å²) in [5.41, 5.74) is 3.96. The van der Waals surface area contributed by atoms with Gasteiger partial charge in [-0.15, -0.1) is 0 Å². The molecule has 2 aromatic rings. The van der Waals surface area contributed by atoms with Gasteiger partial charge in [-0.1, -0.05) is 30.3 Å². The Morgan fingerprint density at radius 1 is 1.09 bits per heavy atom. The lowest BCUT2D eigenvalue weighted by Crippen LogP contribution is -2.53. The van der Waals surface area contributed by atoms with E-state index in [1.54, 1.807) is 12.1 Å². The lowest BCUT2D eigenvalue weighted by atomic mass is 9.99. The van der Waals surface area contributed by atoms with Crippen molar-refractivity contribution < 1.29 is 4.39 Å². The molecule has 0 amide bonds. The Morgan fingerprint density at radius 3 is 2.74 bits per heavy atom. The first-order valence-corrected chi connectivity index (χ1v) is 8.07. The molecule has 2 aliphatic heterocycles. The Balaban J connectivity index is 1.86. The van der Waals surface area contributed by atoms with E-state index >= 15 is 0 Å². The Hall–Kier alpha value is -2.20. The van der Waals surface area contributed by atoms with Gasteiger partial charge in [-0.25, -0.2) is 4.39 Å². The molecule has 4 heteroatoms. The zero-order valence-corrected chi connectivity index (χ0v) is 13.2. The molecule has 1 saturated heterocycles. The molecular weight excluding hydrogens is 289 g/mol. The number of rotatable bonds is 1. The third-order valence-electron chi connectivity index (χ3n) is 4.72. The van der Waals surface area contributed by atoms with Crippen LogP contribution in [0, 0.1) is 5.82 Å². The van der Waals surface area contributed by atoms with Crippen LogP contribution in [0.5, 0.6) is 0 Å². The maximum absolute atomic E-state index is 13.9. The number of fused-ring (bicyclic) bond motifs is 3. The molecule has 2 aliphatic rings. The second-order valence-corrected chi connectivity index (χ2v) is 6.33. The average molecular weight is 309 g/mol. The highest BCUT2D eigenvalue weighted by atomic mass is 19.1. The maximum atomic E-state index is 13.9. The molecule has 0 aliphatic carbocycles. The van der Waals surface area contributed by atoms with Crippen LogP contribution in [-0.2, 0) is 0 Å². The van der Waals surface area contributed by atoms with Crippen LogP contribution in [0.15, 0.2) is 53.5 Å². The second kappa shape index (κ2) is 5.78. The molecule has 1 unspecified atom stereocenters. The average Bonchev–Trinajstić information content (AvgIpc) is 2.72. The Labute approximate surface area is 136 Å². The zero-order chi connectivity index (χ0) is 15.8. The smallest absolute Gasteiger partial charge is 0.124 e. The summed E-state index contributed by atoms with van der Waals surface area (Å²) in [5.74, 6) is -0.208. The zero-order valence-electron chi connectivity index (χ0n) is 13.2. The third-order valence-corrected chi connectivity index (χ3v) is 4.72. The molecule has 3 nitrogen and oxygen atoms in total. The van der Waals surface area contributed by atoms with Crippen molar-refractivity contribution in [3.8, 4) is 0 Å². The van der Waals surface area contributed by atoms with Gasteiger partial charge in [0.05, 0.1) is 18.3 Å². The third kappa shape index (κ3) is 2.63. The summed E-state index contributed by atoms with van der Waals surface area (Å²) in [7, 11) is 2.15. The van der Waals surface area contributed by atoms with E-state index in [2.05, 4.69) is 16.8 Å². The number of halogens is 1. The number of piperazine rings is 1. The summed E-state index contributed by atoms with van der Waals surface area (Å²) in [6.45, 7) is 3.71. The van der Waals surface area contributed by atoms with Crippen molar-refractivity contribution in [3.63, 3.8) is 0 Å². The fourth-order valence-electron chi connectivity index (χ4n) is 3.56. The van der Waals surface area contributed by atoms with Gasteiger partial charge in [-0.2, -0.15) is 0 Å². The number of hydrogen-bond donors (Lipinski definition) is 0. The fourth-order valence-corrected chi connectivity index (χ4v) is 3.56. The number of hydrogen-bond acceptors (Lipinski definition) is 3. The van der Waals surface area contributed by atoms with E-state index in [0.29, 0.717) is 6.04 Å². The molecule has 4 rings (SSSR count). The first kappa shape index (κ1) is 14.4. The highest BCUT2D eigenvalue weighted by Crippen LogP contribution is 2.30. The van der Waals surface area contributed by atoms with Gasteiger partial charge in [0, 0.05) is 36.4 Å². The van der Waals surface area contributed by atoms with Crippen molar-refractivity contribution >= 4 is 11.4 Å².